The number of anilines is 1. The quantitative estimate of drug-likeness (QED) is 0.528. The summed E-state index contributed by atoms with van der Waals surface area (Å²) in [6.45, 7) is 0. The second kappa shape index (κ2) is 8.77. The first-order valence-corrected chi connectivity index (χ1v) is 11.7. The summed E-state index contributed by atoms with van der Waals surface area (Å²) in [6, 6.07) is 8.96. The van der Waals surface area contributed by atoms with Gasteiger partial charge in [0.15, 0.2) is 17.5 Å². The Morgan fingerprint density at radius 1 is 1.00 bits per heavy atom. The average Bonchev–Trinajstić information content (AvgIpc) is 3.13. The zero-order chi connectivity index (χ0) is 24.8. The first-order chi connectivity index (χ1) is 16.1. The Morgan fingerprint density at radius 3 is 2.24 bits per heavy atom. The van der Waals surface area contributed by atoms with Crippen LogP contribution in [0.2, 0.25) is 5.02 Å². The van der Waals surface area contributed by atoms with Crippen molar-refractivity contribution in [1.29, 1.82) is 0 Å². The fourth-order valence-corrected chi connectivity index (χ4v) is 6.00. The molecule has 0 saturated carbocycles. The maximum Gasteiger partial charge on any atom is 0.328 e. The monoisotopic (exact) mass is 509 g/mol. The number of carboxylic acid groups (broad SMARTS) is 1. The molecule has 0 aliphatic carbocycles. The van der Waals surface area contributed by atoms with Crippen LogP contribution in [-0.2, 0) is 14.8 Å². The minimum Gasteiger partial charge on any atom is -0.493 e. The third kappa shape index (κ3) is 3.72. The van der Waals surface area contributed by atoms with E-state index in [4.69, 9.17) is 21.1 Å². The van der Waals surface area contributed by atoms with Crippen LogP contribution in [0.4, 0.5) is 14.5 Å². The molecule has 3 aromatic rings. The molecule has 0 radical (unpaired) electrons. The van der Waals surface area contributed by atoms with Crippen LogP contribution in [0.25, 0.3) is 0 Å². The fraction of sp³-hybridized carbons (Fsp3) is 0.174. The van der Waals surface area contributed by atoms with E-state index in [9.17, 15) is 27.1 Å². The first kappa shape index (κ1) is 23.8. The Morgan fingerprint density at radius 2 is 1.65 bits per heavy atom. The van der Waals surface area contributed by atoms with Crippen LogP contribution in [0.15, 0.2) is 59.5 Å². The van der Waals surface area contributed by atoms with Gasteiger partial charge >= 0.3 is 5.97 Å². The third-order valence-corrected chi connectivity index (χ3v) is 7.63. The number of halogens is 3. The summed E-state index contributed by atoms with van der Waals surface area (Å²) < 4.78 is 68.1. The minimum atomic E-state index is -4.55. The van der Waals surface area contributed by atoms with Gasteiger partial charge in [0.2, 0.25) is 0 Å². The van der Waals surface area contributed by atoms with Gasteiger partial charge in [-0.2, -0.15) is 0 Å². The zero-order valence-electron chi connectivity index (χ0n) is 17.8. The highest BCUT2D eigenvalue weighted by molar-refractivity contribution is 7.93. The van der Waals surface area contributed by atoms with E-state index in [-0.39, 0.29) is 32.7 Å². The van der Waals surface area contributed by atoms with Gasteiger partial charge in [-0.25, -0.2) is 22.0 Å². The standard InChI is InChI=1S/C23H18ClF2NO6S/c1-32-18-9-7-13(11-19(18)33-2)34(30,31)27-17-8-6-12(24)10-14(17)20(22(27)23(28)29)21-15(25)4-3-5-16(21)26/h3-11,20,22H,1-2H3,(H,28,29). The highest BCUT2D eigenvalue weighted by Gasteiger charge is 2.51. The van der Waals surface area contributed by atoms with Crippen molar-refractivity contribution in [3.8, 4) is 11.5 Å². The minimum absolute atomic E-state index is 0.0563. The molecule has 1 heterocycles. The Labute approximate surface area is 199 Å². The van der Waals surface area contributed by atoms with E-state index in [2.05, 4.69) is 0 Å². The van der Waals surface area contributed by atoms with Gasteiger partial charge in [0.25, 0.3) is 10.0 Å². The lowest BCUT2D eigenvalue weighted by Gasteiger charge is -2.27. The van der Waals surface area contributed by atoms with Crippen molar-refractivity contribution in [2.75, 3.05) is 18.5 Å². The molecule has 0 fully saturated rings. The van der Waals surface area contributed by atoms with Crippen molar-refractivity contribution >= 4 is 33.3 Å². The van der Waals surface area contributed by atoms with Crippen molar-refractivity contribution in [3.63, 3.8) is 0 Å². The van der Waals surface area contributed by atoms with Gasteiger partial charge in [0.05, 0.1) is 24.8 Å². The normalized spacial score (nSPS) is 17.4. The average molecular weight is 510 g/mol. The van der Waals surface area contributed by atoms with Crippen LogP contribution < -0.4 is 13.8 Å². The number of hydrogen-bond donors (Lipinski definition) is 1. The van der Waals surface area contributed by atoms with Crippen LogP contribution in [0.5, 0.6) is 11.5 Å². The van der Waals surface area contributed by atoms with Crippen molar-refractivity contribution in [3.05, 3.63) is 82.4 Å². The van der Waals surface area contributed by atoms with E-state index >= 15 is 0 Å². The summed E-state index contributed by atoms with van der Waals surface area (Å²) in [5.74, 6) is -4.75. The maximum atomic E-state index is 14.8. The molecule has 178 valence electrons. The molecule has 1 aliphatic heterocycles. The highest BCUT2D eigenvalue weighted by Crippen LogP contribution is 2.49. The largest absolute Gasteiger partial charge is 0.493 e. The Bertz CT molecular complexity index is 1380. The van der Waals surface area contributed by atoms with Crippen LogP contribution >= 0.6 is 11.6 Å². The number of benzene rings is 3. The number of aliphatic carboxylic acids is 1. The number of carbonyl (C=O) groups is 1. The van der Waals surface area contributed by atoms with Gasteiger partial charge in [-0.3, -0.25) is 4.31 Å². The van der Waals surface area contributed by atoms with Gasteiger partial charge < -0.3 is 14.6 Å². The summed E-state index contributed by atoms with van der Waals surface area (Å²) in [4.78, 5) is 12.1. The predicted octanol–water partition coefficient (Wildman–Crippen LogP) is 4.43. The van der Waals surface area contributed by atoms with E-state index in [1.165, 1.54) is 50.6 Å². The van der Waals surface area contributed by atoms with Crippen LogP contribution in [0.3, 0.4) is 0 Å². The number of nitrogens with zero attached hydrogens (tertiary/aromatic N) is 1. The number of carboxylic acids is 1. The second-order valence-corrected chi connectivity index (χ2v) is 9.67. The fourth-order valence-electron chi connectivity index (χ4n) is 4.16. The second-order valence-electron chi connectivity index (χ2n) is 7.42. The molecule has 2 atom stereocenters. The zero-order valence-corrected chi connectivity index (χ0v) is 19.4. The molecule has 34 heavy (non-hydrogen) atoms. The molecule has 7 nitrogen and oxygen atoms in total. The van der Waals surface area contributed by atoms with Gasteiger partial charge in [-0.05, 0) is 48.0 Å². The number of ether oxygens (including phenoxy) is 2. The van der Waals surface area contributed by atoms with Gasteiger partial charge in [-0.15, -0.1) is 0 Å². The van der Waals surface area contributed by atoms with Crippen molar-refractivity contribution in [1.82, 2.24) is 0 Å². The molecule has 0 aromatic heterocycles. The number of hydrogen-bond acceptors (Lipinski definition) is 5. The Kier molecular flexibility index (Phi) is 6.13. The summed E-state index contributed by atoms with van der Waals surface area (Å²) >= 11 is 6.10. The summed E-state index contributed by atoms with van der Waals surface area (Å²) in [5.41, 5.74) is -0.560. The molecule has 3 aromatic carbocycles. The first-order valence-electron chi connectivity index (χ1n) is 9.84. The lowest BCUT2D eigenvalue weighted by molar-refractivity contribution is -0.138. The van der Waals surface area contributed by atoms with Gasteiger partial charge in [-0.1, -0.05) is 17.7 Å². The molecule has 0 saturated heterocycles. The topological polar surface area (TPSA) is 93.1 Å². The smallest absolute Gasteiger partial charge is 0.328 e. The van der Waals surface area contributed by atoms with Crippen molar-refractivity contribution in [2.24, 2.45) is 0 Å². The lowest BCUT2D eigenvalue weighted by atomic mass is 9.87. The molecule has 11 heteroatoms. The number of rotatable bonds is 6. The molecule has 0 bridgehead atoms. The summed E-state index contributed by atoms with van der Waals surface area (Å²) in [7, 11) is -1.86. The lowest BCUT2D eigenvalue weighted by Crippen LogP contribution is -2.45. The van der Waals surface area contributed by atoms with Gasteiger partial charge in [0.1, 0.15) is 11.6 Å². The summed E-state index contributed by atoms with van der Waals surface area (Å²) in [6.07, 6.45) is 0. The highest BCUT2D eigenvalue weighted by atomic mass is 35.5. The van der Waals surface area contributed by atoms with Crippen LogP contribution in [0, 0.1) is 11.6 Å². The Hall–Kier alpha value is -3.37. The Balaban J connectivity index is 1.99. The van der Waals surface area contributed by atoms with E-state index < -0.39 is 45.2 Å². The number of sulfonamides is 1. The predicted molar refractivity (Wildman–Crippen MR) is 120 cm³/mol. The molecular formula is C23H18ClF2NO6S. The van der Waals surface area contributed by atoms with Crippen molar-refractivity contribution in [2.45, 2.75) is 16.9 Å². The molecule has 4 rings (SSSR count). The molecule has 1 aliphatic rings. The molecule has 2 unspecified atom stereocenters. The molecular weight excluding hydrogens is 492 g/mol. The van der Waals surface area contributed by atoms with Crippen LogP contribution in [0.1, 0.15) is 17.0 Å². The van der Waals surface area contributed by atoms with E-state index in [0.29, 0.717) is 4.31 Å². The van der Waals surface area contributed by atoms with Gasteiger partial charge in [0, 0.05) is 22.6 Å². The van der Waals surface area contributed by atoms with E-state index in [0.717, 1.165) is 18.2 Å². The maximum absolute atomic E-state index is 14.8. The van der Waals surface area contributed by atoms with E-state index in [1.807, 2.05) is 0 Å². The molecule has 0 spiro atoms. The number of methoxy groups -OCH3 is 2. The number of fused-ring (bicyclic) bond motifs is 1. The van der Waals surface area contributed by atoms with Crippen LogP contribution in [-0.4, -0.2) is 39.8 Å². The molecule has 0 amide bonds. The third-order valence-electron chi connectivity index (χ3n) is 5.61. The van der Waals surface area contributed by atoms with E-state index in [1.54, 1.807) is 0 Å². The van der Waals surface area contributed by atoms with Crippen molar-refractivity contribution < 1.29 is 36.6 Å². The summed E-state index contributed by atoms with van der Waals surface area (Å²) in [5, 5.41) is 10.3. The molecule has 1 N–H and O–H groups in total. The SMILES string of the molecule is COc1ccc(S(=O)(=O)N2c3ccc(Cl)cc3C(c3c(F)cccc3F)C2C(=O)O)cc1OC.